The number of hydrogen-bond acceptors (Lipinski definition) is 7. The van der Waals surface area contributed by atoms with Crippen LogP contribution in [0, 0.1) is 0 Å². The van der Waals surface area contributed by atoms with E-state index in [1.54, 1.807) is 36.4 Å². The molecule has 0 saturated carbocycles. The number of ether oxygens (including phenoxy) is 2. The van der Waals surface area contributed by atoms with Crippen LogP contribution in [0.3, 0.4) is 0 Å². The molecule has 0 saturated heterocycles. The third-order valence-electron chi connectivity index (χ3n) is 5.82. The number of fused-ring (bicyclic) bond motifs is 3. The van der Waals surface area contributed by atoms with E-state index in [9.17, 15) is 14.4 Å². The molecule has 0 aliphatic carbocycles. The van der Waals surface area contributed by atoms with Gasteiger partial charge in [-0.3, -0.25) is 4.79 Å². The van der Waals surface area contributed by atoms with Crippen molar-refractivity contribution in [3.63, 3.8) is 0 Å². The van der Waals surface area contributed by atoms with Crippen molar-refractivity contribution >= 4 is 34.2 Å². The van der Waals surface area contributed by atoms with Crippen LogP contribution in [0.2, 0.25) is 0 Å². The number of methoxy groups -OCH3 is 1. The monoisotopic (exact) mass is 497 g/mol. The number of para-hydroxylation sites is 3. The highest BCUT2D eigenvalue weighted by Crippen LogP contribution is 2.26. The number of carbonyl (C=O) groups is 2. The van der Waals surface area contributed by atoms with Gasteiger partial charge in [-0.2, -0.15) is 0 Å². The quantitative estimate of drug-likeness (QED) is 0.340. The van der Waals surface area contributed by atoms with Gasteiger partial charge in [0.15, 0.2) is 0 Å². The molecular weight excluding hydrogens is 474 g/mol. The summed E-state index contributed by atoms with van der Waals surface area (Å²) >= 11 is 0. The lowest BCUT2D eigenvalue weighted by molar-refractivity contribution is -0.117. The first-order chi connectivity index (χ1) is 18.0. The first-order valence-electron chi connectivity index (χ1n) is 11.6. The maximum Gasteiger partial charge on any atom is 0.351 e. The molecule has 0 unspecified atom stereocenters. The van der Waals surface area contributed by atoms with Crippen LogP contribution >= 0.6 is 0 Å². The summed E-state index contributed by atoms with van der Waals surface area (Å²) in [7, 11) is 1.26. The zero-order valence-electron chi connectivity index (χ0n) is 20.2. The minimum atomic E-state index is -0.591. The number of aromatic nitrogens is 4. The van der Waals surface area contributed by atoms with Crippen LogP contribution in [0.25, 0.3) is 16.7 Å². The fraction of sp³-hybridized carbons (Fsp3) is 0.148. The lowest BCUT2D eigenvalue weighted by Gasteiger charge is -2.09. The van der Waals surface area contributed by atoms with Crippen molar-refractivity contribution in [1.29, 1.82) is 0 Å². The van der Waals surface area contributed by atoms with Crippen molar-refractivity contribution < 1.29 is 19.1 Å². The van der Waals surface area contributed by atoms with Gasteiger partial charge in [0.2, 0.25) is 11.6 Å². The molecule has 2 heterocycles. The fourth-order valence-electron chi connectivity index (χ4n) is 3.95. The Morgan fingerprint density at radius 2 is 1.70 bits per heavy atom. The molecule has 0 aliphatic heterocycles. The number of anilines is 1. The normalized spacial score (nSPS) is 11.0. The summed E-state index contributed by atoms with van der Waals surface area (Å²) in [6, 6.07) is 21.1. The molecule has 1 N–H and O–H groups in total. The molecular formula is C27H23N5O5. The number of rotatable bonds is 7. The number of nitrogens with zero attached hydrogens (tertiary/aromatic N) is 4. The largest absolute Gasteiger partial charge is 0.465 e. The van der Waals surface area contributed by atoms with Gasteiger partial charge >= 0.3 is 11.7 Å². The zero-order valence-corrected chi connectivity index (χ0v) is 20.2. The van der Waals surface area contributed by atoms with E-state index in [0.717, 1.165) is 16.7 Å². The number of amides is 1. The van der Waals surface area contributed by atoms with Crippen molar-refractivity contribution in [2.75, 3.05) is 12.4 Å². The number of carbonyl (C=O) groups excluding carboxylic acids is 2. The van der Waals surface area contributed by atoms with Crippen molar-refractivity contribution in [3.8, 4) is 11.6 Å². The molecule has 2 aromatic heterocycles. The van der Waals surface area contributed by atoms with Crippen LogP contribution in [-0.2, 0) is 22.5 Å². The van der Waals surface area contributed by atoms with Gasteiger partial charge in [0.1, 0.15) is 12.3 Å². The predicted octanol–water partition coefficient (Wildman–Crippen LogP) is 3.82. The van der Waals surface area contributed by atoms with E-state index < -0.39 is 24.1 Å². The summed E-state index contributed by atoms with van der Waals surface area (Å²) in [5, 5.41) is 7.03. The zero-order chi connectivity index (χ0) is 25.9. The Balaban J connectivity index is 1.52. The number of aryl methyl sites for hydroxylation is 1. The Labute approximate surface area is 211 Å². The molecule has 5 aromatic rings. The highest BCUT2D eigenvalue weighted by Gasteiger charge is 2.20. The topological polar surface area (TPSA) is 117 Å². The molecule has 0 bridgehead atoms. The molecule has 0 spiro atoms. The van der Waals surface area contributed by atoms with Crippen molar-refractivity contribution in [2.45, 2.75) is 19.9 Å². The van der Waals surface area contributed by atoms with Gasteiger partial charge < -0.3 is 14.8 Å². The van der Waals surface area contributed by atoms with Gasteiger partial charge in [-0.25, -0.2) is 23.7 Å². The molecule has 0 radical (unpaired) electrons. The maximum atomic E-state index is 13.4. The van der Waals surface area contributed by atoms with Crippen LogP contribution in [0.5, 0.6) is 11.6 Å². The Kier molecular flexibility index (Phi) is 6.38. The van der Waals surface area contributed by atoms with E-state index in [-0.39, 0.29) is 22.8 Å². The van der Waals surface area contributed by atoms with E-state index in [1.165, 1.54) is 17.6 Å². The van der Waals surface area contributed by atoms with E-state index in [2.05, 4.69) is 22.3 Å². The van der Waals surface area contributed by atoms with Crippen molar-refractivity contribution in [3.05, 3.63) is 94.4 Å². The molecule has 186 valence electrons. The molecule has 0 atom stereocenters. The minimum Gasteiger partial charge on any atom is -0.465 e. The van der Waals surface area contributed by atoms with Crippen LogP contribution in [-0.4, -0.2) is 38.2 Å². The second-order valence-electron chi connectivity index (χ2n) is 8.19. The molecule has 3 aromatic carbocycles. The Bertz CT molecular complexity index is 1690. The van der Waals surface area contributed by atoms with E-state index in [4.69, 9.17) is 9.47 Å². The van der Waals surface area contributed by atoms with Gasteiger partial charge in [0, 0.05) is 0 Å². The van der Waals surface area contributed by atoms with Crippen LogP contribution in [0.1, 0.15) is 22.8 Å². The number of hydrogen-bond donors (Lipinski definition) is 1. The average Bonchev–Trinajstić information content (AvgIpc) is 3.25. The Morgan fingerprint density at radius 3 is 2.46 bits per heavy atom. The van der Waals surface area contributed by atoms with Gasteiger partial charge in [-0.1, -0.05) is 43.3 Å². The minimum absolute atomic E-state index is 0.134. The van der Waals surface area contributed by atoms with Gasteiger partial charge in [0.05, 0.1) is 29.4 Å². The number of nitrogens with one attached hydrogen (secondary N) is 1. The third kappa shape index (κ3) is 4.64. The second kappa shape index (κ2) is 9.94. The van der Waals surface area contributed by atoms with Gasteiger partial charge in [-0.15, -0.1) is 5.10 Å². The number of benzene rings is 3. The van der Waals surface area contributed by atoms with Crippen molar-refractivity contribution in [2.24, 2.45) is 0 Å². The lowest BCUT2D eigenvalue weighted by atomic mass is 10.2. The molecule has 0 aliphatic rings. The van der Waals surface area contributed by atoms with Crippen LogP contribution in [0.4, 0.5) is 5.69 Å². The predicted molar refractivity (Wildman–Crippen MR) is 137 cm³/mol. The smallest absolute Gasteiger partial charge is 0.351 e. The highest BCUT2D eigenvalue weighted by atomic mass is 16.5. The first kappa shape index (κ1) is 23.7. The summed E-state index contributed by atoms with van der Waals surface area (Å²) < 4.78 is 13.2. The number of esters is 1. The summed E-state index contributed by atoms with van der Waals surface area (Å²) in [6.45, 7) is 1.67. The maximum absolute atomic E-state index is 13.4. The van der Waals surface area contributed by atoms with Gasteiger partial charge in [-0.05, 0) is 48.4 Å². The standard InChI is InChI=1S/C27H23N5O5/c1-3-17-12-14-18(15-13-17)37-25-24-30-31(27(35)32(24)22-11-7-6-10-21(22)29-25)16-23(33)28-20-9-5-4-8-19(20)26(34)36-2/h4-15H,3,16H2,1-2H3,(H,28,33). The fourth-order valence-corrected chi connectivity index (χ4v) is 3.95. The molecule has 10 heteroatoms. The molecule has 10 nitrogen and oxygen atoms in total. The third-order valence-corrected chi connectivity index (χ3v) is 5.82. The SMILES string of the molecule is CCc1ccc(Oc2nc3ccccc3n3c(=O)n(CC(=O)Nc4ccccc4C(=O)OC)nc23)cc1. The Morgan fingerprint density at radius 1 is 0.973 bits per heavy atom. The first-order valence-corrected chi connectivity index (χ1v) is 11.6. The average molecular weight is 498 g/mol. The molecule has 0 fully saturated rings. The van der Waals surface area contributed by atoms with E-state index in [0.29, 0.717) is 16.8 Å². The van der Waals surface area contributed by atoms with E-state index in [1.807, 2.05) is 30.3 Å². The van der Waals surface area contributed by atoms with E-state index >= 15 is 0 Å². The van der Waals surface area contributed by atoms with Crippen molar-refractivity contribution in [1.82, 2.24) is 19.2 Å². The molecule has 5 rings (SSSR count). The Hall–Kier alpha value is -4.99. The summed E-state index contributed by atoms with van der Waals surface area (Å²) in [5.41, 5.74) is 2.32. The van der Waals surface area contributed by atoms with Crippen LogP contribution in [0.15, 0.2) is 77.6 Å². The highest BCUT2D eigenvalue weighted by molar-refractivity contribution is 6.01. The lowest BCUT2D eigenvalue weighted by Crippen LogP contribution is -2.28. The molecule has 37 heavy (non-hydrogen) atoms. The van der Waals surface area contributed by atoms with Crippen LogP contribution < -0.4 is 15.7 Å². The summed E-state index contributed by atoms with van der Waals surface area (Å²) in [6.07, 6.45) is 0.894. The summed E-state index contributed by atoms with van der Waals surface area (Å²) in [5.74, 6) is -0.458. The summed E-state index contributed by atoms with van der Waals surface area (Å²) in [4.78, 5) is 42.8. The molecule has 1 amide bonds. The second-order valence-corrected chi connectivity index (χ2v) is 8.19. The van der Waals surface area contributed by atoms with Gasteiger partial charge in [0.25, 0.3) is 5.88 Å².